The first-order chi connectivity index (χ1) is 14.2. The van der Waals surface area contributed by atoms with Gasteiger partial charge in [-0.05, 0) is 32.6 Å². The Hall–Kier alpha value is -2.85. The Morgan fingerprint density at radius 3 is 2.97 bits per heavy atom. The topological polar surface area (TPSA) is 122 Å². The van der Waals surface area contributed by atoms with Crippen molar-refractivity contribution in [2.75, 3.05) is 11.9 Å². The van der Waals surface area contributed by atoms with Crippen LogP contribution in [0.5, 0.6) is 0 Å². The summed E-state index contributed by atoms with van der Waals surface area (Å²) in [6, 6.07) is 0.253. The number of nitrogens with zero attached hydrogens (tertiary/aromatic N) is 4. The third-order valence-corrected chi connectivity index (χ3v) is 5.94. The van der Waals surface area contributed by atoms with Gasteiger partial charge in [-0.3, -0.25) is 14.6 Å². The van der Waals surface area contributed by atoms with Gasteiger partial charge in [-0.2, -0.15) is 10.2 Å². The Morgan fingerprint density at radius 2 is 2.28 bits per heavy atom. The number of hydrogen-bond donors (Lipinski definition) is 3. The second kappa shape index (κ2) is 8.66. The van der Waals surface area contributed by atoms with Gasteiger partial charge >= 0.3 is 0 Å². The molecule has 3 N–H and O–H groups in total. The van der Waals surface area contributed by atoms with Gasteiger partial charge < -0.3 is 15.5 Å². The summed E-state index contributed by atoms with van der Waals surface area (Å²) in [6.45, 7) is 2.76. The van der Waals surface area contributed by atoms with Crippen LogP contribution in [0.25, 0.3) is 10.6 Å². The predicted octanol–water partition coefficient (Wildman–Crippen LogP) is 3.50. The summed E-state index contributed by atoms with van der Waals surface area (Å²) in [5.41, 5.74) is 2.13. The molecule has 1 saturated carbocycles. The van der Waals surface area contributed by atoms with Crippen LogP contribution in [0.4, 0.5) is 5.69 Å². The van der Waals surface area contributed by atoms with Crippen molar-refractivity contribution in [2.45, 2.75) is 44.8 Å². The van der Waals surface area contributed by atoms with Crippen molar-refractivity contribution in [1.29, 1.82) is 5.41 Å². The highest BCUT2D eigenvalue weighted by atomic mass is 32.1. The average Bonchev–Trinajstić information content (AvgIpc) is 3.48. The minimum atomic E-state index is -0.321. The van der Waals surface area contributed by atoms with Crippen LogP contribution in [-0.2, 0) is 4.74 Å². The van der Waals surface area contributed by atoms with E-state index >= 15 is 0 Å². The molecule has 3 aromatic rings. The zero-order chi connectivity index (χ0) is 20.2. The second-order valence-electron chi connectivity index (χ2n) is 6.92. The van der Waals surface area contributed by atoms with Crippen LogP contribution in [0.2, 0.25) is 0 Å². The predicted molar refractivity (Wildman–Crippen MR) is 111 cm³/mol. The molecule has 3 aromatic heterocycles. The fourth-order valence-corrected chi connectivity index (χ4v) is 4.35. The molecule has 1 fully saturated rings. The number of aromatic nitrogens is 5. The number of nitrogens with one attached hydrogen (secondary N) is 3. The van der Waals surface area contributed by atoms with Crippen LogP contribution >= 0.6 is 11.3 Å². The van der Waals surface area contributed by atoms with E-state index in [4.69, 9.17) is 10.1 Å². The fourth-order valence-electron chi connectivity index (χ4n) is 3.57. The number of rotatable bonds is 7. The maximum absolute atomic E-state index is 12.6. The summed E-state index contributed by atoms with van der Waals surface area (Å²) in [5, 5.41) is 24.1. The third kappa shape index (κ3) is 4.28. The molecule has 0 spiro atoms. The summed E-state index contributed by atoms with van der Waals surface area (Å²) < 4.78 is 7.58. The van der Waals surface area contributed by atoms with Gasteiger partial charge in [0, 0.05) is 36.2 Å². The van der Waals surface area contributed by atoms with Gasteiger partial charge in [0.25, 0.3) is 5.91 Å². The Bertz CT molecular complexity index is 971. The van der Waals surface area contributed by atoms with Crippen LogP contribution in [0.1, 0.15) is 54.8 Å². The van der Waals surface area contributed by atoms with Gasteiger partial charge in [0.2, 0.25) is 0 Å². The lowest BCUT2D eigenvalue weighted by Crippen LogP contribution is -2.24. The number of amides is 1. The van der Waals surface area contributed by atoms with Crippen LogP contribution < -0.4 is 5.32 Å². The van der Waals surface area contributed by atoms with Crippen molar-refractivity contribution in [3.63, 3.8) is 0 Å². The van der Waals surface area contributed by atoms with Crippen LogP contribution in [-0.4, -0.2) is 49.8 Å². The van der Waals surface area contributed by atoms with E-state index in [1.165, 1.54) is 11.3 Å². The molecule has 0 radical (unpaired) electrons. The SMILES string of the molecule is CCO[C@H]1CC[C@H](n2cc(NC(=O)c3csc(-c4cn[nH]c4)n3)c(C=N)n2)CC1. The van der Waals surface area contributed by atoms with E-state index in [9.17, 15) is 4.79 Å². The number of carbonyl (C=O) groups is 1. The molecule has 3 heterocycles. The Morgan fingerprint density at radius 1 is 1.45 bits per heavy atom. The largest absolute Gasteiger partial charge is 0.379 e. The van der Waals surface area contributed by atoms with Crippen molar-refractivity contribution in [1.82, 2.24) is 25.0 Å². The van der Waals surface area contributed by atoms with E-state index in [1.807, 2.05) is 17.8 Å². The normalized spacial score (nSPS) is 19.2. The lowest BCUT2D eigenvalue weighted by Gasteiger charge is -2.28. The molecular weight excluding hydrogens is 390 g/mol. The molecular formula is C19H23N7O2S. The molecule has 29 heavy (non-hydrogen) atoms. The number of thiazole rings is 1. The molecule has 0 atom stereocenters. The maximum Gasteiger partial charge on any atom is 0.275 e. The van der Waals surface area contributed by atoms with Gasteiger partial charge in [0.1, 0.15) is 16.4 Å². The van der Waals surface area contributed by atoms with Crippen molar-refractivity contribution in [3.8, 4) is 10.6 Å². The first kappa shape index (κ1) is 19.5. The molecule has 0 saturated heterocycles. The lowest BCUT2D eigenvalue weighted by molar-refractivity contribution is 0.0259. The Labute approximate surface area is 172 Å². The highest BCUT2D eigenvalue weighted by molar-refractivity contribution is 7.13. The number of ether oxygens (including phenoxy) is 1. The number of hydrogen-bond acceptors (Lipinski definition) is 7. The van der Waals surface area contributed by atoms with Crippen LogP contribution in [0, 0.1) is 5.41 Å². The van der Waals surface area contributed by atoms with Crippen LogP contribution in [0.15, 0.2) is 24.0 Å². The van der Waals surface area contributed by atoms with Crippen molar-refractivity contribution in [2.24, 2.45) is 0 Å². The minimum absolute atomic E-state index is 0.253. The zero-order valence-electron chi connectivity index (χ0n) is 16.1. The molecule has 152 valence electrons. The average molecular weight is 414 g/mol. The van der Waals surface area contributed by atoms with E-state index in [-0.39, 0.29) is 11.9 Å². The summed E-state index contributed by atoms with van der Waals surface area (Å²) in [5.74, 6) is -0.321. The lowest BCUT2D eigenvalue weighted by atomic mass is 9.93. The Kier molecular flexibility index (Phi) is 5.81. The summed E-state index contributed by atoms with van der Waals surface area (Å²) in [6.07, 6.45) is 10.6. The van der Waals surface area contributed by atoms with Crippen molar-refractivity contribution < 1.29 is 9.53 Å². The first-order valence-electron chi connectivity index (χ1n) is 9.65. The molecule has 0 aliphatic heterocycles. The monoisotopic (exact) mass is 413 g/mol. The quantitative estimate of drug-likeness (QED) is 0.512. The highest BCUT2D eigenvalue weighted by Crippen LogP contribution is 2.31. The minimum Gasteiger partial charge on any atom is -0.379 e. The maximum atomic E-state index is 12.6. The molecule has 0 aromatic carbocycles. The molecule has 10 heteroatoms. The molecule has 1 aliphatic carbocycles. The van der Waals surface area contributed by atoms with Gasteiger partial charge in [0.15, 0.2) is 0 Å². The van der Waals surface area contributed by atoms with Crippen LogP contribution in [0.3, 0.4) is 0 Å². The fraction of sp³-hybridized carbons (Fsp3) is 0.421. The van der Waals surface area contributed by atoms with Gasteiger partial charge in [-0.1, -0.05) is 0 Å². The van der Waals surface area contributed by atoms with Gasteiger partial charge in [-0.15, -0.1) is 11.3 Å². The molecule has 4 rings (SSSR count). The molecule has 9 nitrogen and oxygen atoms in total. The molecule has 1 aliphatic rings. The molecule has 1 amide bonds. The summed E-state index contributed by atoms with van der Waals surface area (Å²) >= 11 is 1.38. The smallest absolute Gasteiger partial charge is 0.275 e. The van der Waals surface area contributed by atoms with Crippen molar-refractivity contribution >= 4 is 29.1 Å². The van der Waals surface area contributed by atoms with E-state index in [1.54, 1.807) is 17.8 Å². The van der Waals surface area contributed by atoms with Gasteiger partial charge in [0.05, 0.1) is 24.0 Å². The first-order valence-corrected chi connectivity index (χ1v) is 10.5. The number of anilines is 1. The third-order valence-electron chi connectivity index (χ3n) is 5.05. The van der Waals surface area contributed by atoms with E-state index in [0.717, 1.165) is 49.1 Å². The number of H-pyrrole nitrogens is 1. The Balaban J connectivity index is 1.45. The number of aromatic amines is 1. The molecule has 0 bridgehead atoms. The van der Waals surface area contributed by atoms with E-state index < -0.39 is 0 Å². The molecule has 0 unspecified atom stereocenters. The van der Waals surface area contributed by atoms with E-state index in [0.29, 0.717) is 23.2 Å². The number of carbonyl (C=O) groups excluding carboxylic acids is 1. The highest BCUT2D eigenvalue weighted by Gasteiger charge is 2.24. The van der Waals surface area contributed by atoms with E-state index in [2.05, 4.69) is 25.6 Å². The summed E-state index contributed by atoms with van der Waals surface area (Å²) in [4.78, 5) is 17.0. The van der Waals surface area contributed by atoms with Crippen molar-refractivity contribution in [3.05, 3.63) is 35.4 Å². The zero-order valence-corrected chi connectivity index (χ0v) is 16.9. The van der Waals surface area contributed by atoms with Gasteiger partial charge in [-0.25, -0.2) is 4.98 Å². The second-order valence-corrected chi connectivity index (χ2v) is 7.78. The standard InChI is InChI=1S/C19H23N7O2S/c1-2-28-14-5-3-13(4-6-14)26-10-16(15(7-20)25-26)23-18(27)17-11-29-19(24-17)12-8-21-22-9-12/h7-11,13-14,20H,2-6H2,1H3,(H,21,22)(H,23,27)/t13-,14-. The summed E-state index contributed by atoms with van der Waals surface area (Å²) in [7, 11) is 0.